The van der Waals surface area contributed by atoms with Gasteiger partial charge in [0.15, 0.2) is 0 Å². The van der Waals surface area contributed by atoms with Crippen LogP contribution in [0.25, 0.3) is 10.8 Å². The fourth-order valence-corrected chi connectivity index (χ4v) is 2.66. The van der Waals surface area contributed by atoms with Crippen LogP contribution < -0.4 is 10.2 Å². The molecule has 2 aromatic carbocycles. The number of amides is 2. The number of hydrogen-bond donors (Lipinski definition) is 1. The Morgan fingerprint density at radius 1 is 1.26 bits per heavy atom. The van der Waals surface area contributed by atoms with Crippen molar-refractivity contribution in [3.8, 4) is 0 Å². The molecule has 0 unspecified atom stereocenters. The van der Waals surface area contributed by atoms with Crippen molar-refractivity contribution < 1.29 is 9.59 Å². The Labute approximate surface area is 111 Å². The molecule has 3 rings (SSSR count). The van der Waals surface area contributed by atoms with Gasteiger partial charge in [-0.15, -0.1) is 0 Å². The van der Waals surface area contributed by atoms with Gasteiger partial charge < -0.3 is 10.2 Å². The summed E-state index contributed by atoms with van der Waals surface area (Å²) in [6.45, 7) is 4.08. The molecular formula is C15H14N2O2. The summed E-state index contributed by atoms with van der Waals surface area (Å²) in [5.41, 5.74) is 2.38. The number of anilines is 2. The molecule has 0 radical (unpaired) electrons. The number of benzene rings is 2. The molecule has 2 amide bonds. The van der Waals surface area contributed by atoms with Crippen LogP contribution >= 0.6 is 0 Å². The van der Waals surface area contributed by atoms with E-state index in [1.165, 1.54) is 6.92 Å². The Kier molecular flexibility index (Phi) is 2.52. The van der Waals surface area contributed by atoms with Crippen LogP contribution in [0.5, 0.6) is 0 Å². The highest BCUT2D eigenvalue weighted by Gasteiger charge is 2.29. The van der Waals surface area contributed by atoms with Crippen molar-refractivity contribution >= 4 is 34.0 Å². The molecule has 0 saturated heterocycles. The maximum Gasteiger partial charge on any atom is 0.258 e. The van der Waals surface area contributed by atoms with E-state index in [-0.39, 0.29) is 11.8 Å². The van der Waals surface area contributed by atoms with Gasteiger partial charge in [-0.2, -0.15) is 0 Å². The molecule has 0 bridgehead atoms. The Bertz CT molecular complexity index is 707. The van der Waals surface area contributed by atoms with Crippen molar-refractivity contribution in [3.05, 3.63) is 35.9 Å². The molecule has 1 heterocycles. The summed E-state index contributed by atoms with van der Waals surface area (Å²) < 4.78 is 0. The minimum Gasteiger partial charge on any atom is -0.326 e. The van der Waals surface area contributed by atoms with Gasteiger partial charge in [0.05, 0.1) is 5.69 Å². The van der Waals surface area contributed by atoms with E-state index in [1.807, 2.05) is 37.3 Å². The van der Waals surface area contributed by atoms with E-state index in [1.54, 1.807) is 4.90 Å². The Morgan fingerprint density at radius 2 is 2.05 bits per heavy atom. The smallest absolute Gasteiger partial charge is 0.258 e. The van der Waals surface area contributed by atoms with Crippen molar-refractivity contribution in [2.75, 3.05) is 16.8 Å². The topological polar surface area (TPSA) is 49.4 Å². The predicted molar refractivity (Wildman–Crippen MR) is 75.6 cm³/mol. The minimum absolute atomic E-state index is 0.0306. The Balaban J connectivity index is 2.31. The summed E-state index contributed by atoms with van der Waals surface area (Å²) in [7, 11) is 0. The molecule has 4 heteroatoms. The molecule has 0 saturated carbocycles. The number of carbonyl (C=O) groups excluding carboxylic acids is 2. The van der Waals surface area contributed by atoms with Gasteiger partial charge in [-0.1, -0.05) is 12.1 Å². The van der Waals surface area contributed by atoms with Crippen LogP contribution in [0.3, 0.4) is 0 Å². The molecule has 1 aliphatic rings. The normalized spacial score (nSPS) is 13.2. The van der Waals surface area contributed by atoms with Gasteiger partial charge in [0.25, 0.3) is 5.91 Å². The van der Waals surface area contributed by atoms with Gasteiger partial charge in [0.2, 0.25) is 5.91 Å². The van der Waals surface area contributed by atoms with Crippen molar-refractivity contribution in [3.63, 3.8) is 0 Å². The maximum atomic E-state index is 12.3. The first-order valence-electron chi connectivity index (χ1n) is 6.28. The fourth-order valence-electron chi connectivity index (χ4n) is 2.66. The fraction of sp³-hybridized carbons (Fsp3) is 0.200. The molecule has 19 heavy (non-hydrogen) atoms. The summed E-state index contributed by atoms with van der Waals surface area (Å²) >= 11 is 0. The zero-order valence-corrected chi connectivity index (χ0v) is 10.9. The lowest BCUT2D eigenvalue weighted by molar-refractivity contribution is -0.114. The quantitative estimate of drug-likeness (QED) is 0.895. The first-order valence-corrected chi connectivity index (χ1v) is 6.28. The first kappa shape index (κ1) is 11.7. The monoisotopic (exact) mass is 254 g/mol. The second kappa shape index (κ2) is 4.09. The van der Waals surface area contributed by atoms with Crippen molar-refractivity contribution in [2.45, 2.75) is 13.8 Å². The largest absolute Gasteiger partial charge is 0.326 e. The third-order valence-electron chi connectivity index (χ3n) is 3.41. The Morgan fingerprint density at radius 3 is 2.74 bits per heavy atom. The minimum atomic E-state index is -0.114. The number of carbonyl (C=O) groups is 2. The molecule has 4 nitrogen and oxygen atoms in total. The summed E-state index contributed by atoms with van der Waals surface area (Å²) in [5, 5.41) is 4.65. The highest BCUT2D eigenvalue weighted by Crippen LogP contribution is 2.40. The van der Waals surface area contributed by atoms with Gasteiger partial charge in [-0.05, 0) is 25.1 Å². The van der Waals surface area contributed by atoms with E-state index >= 15 is 0 Å². The number of nitrogens with zero attached hydrogens (tertiary/aromatic N) is 1. The highest BCUT2D eigenvalue weighted by molar-refractivity contribution is 6.27. The average Bonchev–Trinajstić information content (AvgIpc) is 2.67. The molecule has 1 N–H and O–H groups in total. The van der Waals surface area contributed by atoms with Gasteiger partial charge in [-0.3, -0.25) is 9.59 Å². The van der Waals surface area contributed by atoms with Crippen LogP contribution in [-0.2, 0) is 4.79 Å². The molecule has 0 fully saturated rings. The molecule has 0 aliphatic carbocycles. The van der Waals surface area contributed by atoms with Gasteiger partial charge in [0, 0.05) is 35.5 Å². The van der Waals surface area contributed by atoms with E-state index in [4.69, 9.17) is 0 Å². The van der Waals surface area contributed by atoms with Crippen LogP contribution in [-0.4, -0.2) is 18.4 Å². The number of hydrogen-bond acceptors (Lipinski definition) is 2. The van der Waals surface area contributed by atoms with Crippen molar-refractivity contribution in [1.29, 1.82) is 0 Å². The summed E-state index contributed by atoms with van der Waals surface area (Å²) in [5.74, 6) is -0.0829. The molecular weight excluding hydrogens is 240 g/mol. The van der Waals surface area contributed by atoms with Gasteiger partial charge in [-0.25, -0.2) is 0 Å². The maximum absolute atomic E-state index is 12.3. The summed E-state index contributed by atoms with van der Waals surface area (Å²) in [6, 6.07) is 9.36. The van der Waals surface area contributed by atoms with Crippen LogP contribution in [0.1, 0.15) is 24.2 Å². The van der Waals surface area contributed by atoms with Crippen LogP contribution in [0.15, 0.2) is 30.3 Å². The second-order valence-corrected chi connectivity index (χ2v) is 4.59. The predicted octanol–water partition coefficient (Wildman–Crippen LogP) is 2.78. The van der Waals surface area contributed by atoms with Gasteiger partial charge in [0.1, 0.15) is 0 Å². The number of rotatable bonds is 2. The third kappa shape index (κ3) is 1.60. The molecule has 1 aliphatic heterocycles. The van der Waals surface area contributed by atoms with Gasteiger partial charge >= 0.3 is 0 Å². The van der Waals surface area contributed by atoms with Crippen molar-refractivity contribution in [1.82, 2.24) is 0 Å². The lowest BCUT2D eigenvalue weighted by atomic mass is 10.0. The van der Waals surface area contributed by atoms with E-state index < -0.39 is 0 Å². The second-order valence-electron chi connectivity index (χ2n) is 4.59. The summed E-state index contributed by atoms with van der Waals surface area (Å²) in [6.07, 6.45) is 0. The number of nitrogens with one attached hydrogen (secondary N) is 1. The average molecular weight is 254 g/mol. The zero-order chi connectivity index (χ0) is 13.6. The Hall–Kier alpha value is -2.36. The highest BCUT2D eigenvalue weighted by atomic mass is 16.2. The van der Waals surface area contributed by atoms with Crippen LogP contribution in [0.4, 0.5) is 11.4 Å². The van der Waals surface area contributed by atoms with Crippen LogP contribution in [0, 0.1) is 0 Å². The van der Waals surface area contributed by atoms with E-state index in [0.29, 0.717) is 12.1 Å². The molecule has 96 valence electrons. The third-order valence-corrected chi connectivity index (χ3v) is 3.41. The van der Waals surface area contributed by atoms with Crippen LogP contribution in [0.2, 0.25) is 0 Å². The van der Waals surface area contributed by atoms with E-state index in [2.05, 4.69) is 5.32 Å². The molecule has 0 spiro atoms. The van der Waals surface area contributed by atoms with E-state index in [9.17, 15) is 9.59 Å². The lowest BCUT2D eigenvalue weighted by Crippen LogP contribution is -2.25. The van der Waals surface area contributed by atoms with Crippen molar-refractivity contribution in [2.24, 2.45) is 0 Å². The lowest BCUT2D eigenvalue weighted by Gasteiger charge is -2.15. The summed E-state index contributed by atoms with van der Waals surface area (Å²) in [4.78, 5) is 25.3. The standard InChI is InChI=1S/C15H14N2O2/c1-3-17-13-8-7-12(16-9(2)18)10-5-4-6-11(14(10)13)15(17)19/h4-8H,3H2,1-2H3,(H,16,18). The van der Waals surface area contributed by atoms with E-state index in [0.717, 1.165) is 22.1 Å². The SMILES string of the molecule is CCN1C(=O)c2cccc3c(NC(C)=O)ccc1c23. The zero-order valence-electron chi connectivity index (χ0n) is 10.9. The molecule has 0 atom stereocenters. The molecule has 0 aromatic heterocycles. The molecule has 2 aromatic rings. The first-order chi connectivity index (χ1) is 9.13.